The van der Waals surface area contributed by atoms with Gasteiger partial charge in [-0.3, -0.25) is 4.90 Å². The molecule has 3 aromatic rings. The Morgan fingerprint density at radius 2 is 2.00 bits per heavy atom. The molecule has 4 nitrogen and oxygen atoms in total. The van der Waals surface area contributed by atoms with Gasteiger partial charge in [0.15, 0.2) is 0 Å². The topological polar surface area (TPSA) is 41.1 Å². The maximum absolute atomic E-state index is 13.3. The number of thiophene rings is 1. The highest BCUT2D eigenvalue weighted by Gasteiger charge is 2.21. The Hall–Kier alpha value is -1.18. The molecule has 1 aliphatic rings. The second-order valence-corrected chi connectivity index (χ2v) is 8.33. The zero-order valence-corrected chi connectivity index (χ0v) is 18.5. The predicted octanol–water partition coefficient (Wildman–Crippen LogP) is 5.71. The number of rotatable bonds is 4. The summed E-state index contributed by atoms with van der Waals surface area (Å²) in [5.74, 6) is 0.704. The van der Waals surface area contributed by atoms with Gasteiger partial charge in [0.25, 0.3) is 0 Å². The van der Waals surface area contributed by atoms with Gasteiger partial charge in [0, 0.05) is 25.7 Å². The van der Waals surface area contributed by atoms with Gasteiger partial charge in [-0.25, -0.2) is 14.4 Å². The highest BCUT2D eigenvalue weighted by molar-refractivity contribution is 7.22. The fourth-order valence-corrected chi connectivity index (χ4v) is 4.67. The highest BCUT2D eigenvalue weighted by Crippen LogP contribution is 2.36. The molecule has 4 rings (SSSR count). The number of aromatic nitrogens is 2. The molecule has 28 heavy (non-hydrogen) atoms. The Bertz CT molecular complexity index is 929. The predicted molar refractivity (Wildman–Crippen MR) is 120 cm³/mol. The van der Waals surface area contributed by atoms with Crippen molar-refractivity contribution in [3.8, 4) is 0 Å². The van der Waals surface area contributed by atoms with Crippen molar-refractivity contribution in [2.24, 2.45) is 0 Å². The van der Waals surface area contributed by atoms with Gasteiger partial charge in [-0.1, -0.05) is 23.7 Å². The summed E-state index contributed by atoms with van der Waals surface area (Å²) in [5, 5.41) is 4.61. The quantitative estimate of drug-likeness (QED) is 0.538. The molecule has 0 unspecified atom stereocenters. The van der Waals surface area contributed by atoms with Gasteiger partial charge < -0.3 is 5.32 Å². The fraction of sp³-hybridized carbons (Fsp3) is 0.368. The first-order valence-electron chi connectivity index (χ1n) is 8.73. The van der Waals surface area contributed by atoms with Crippen LogP contribution in [0, 0.1) is 12.7 Å². The summed E-state index contributed by atoms with van der Waals surface area (Å²) in [6.45, 7) is 4.76. The second-order valence-electron chi connectivity index (χ2n) is 6.73. The van der Waals surface area contributed by atoms with Gasteiger partial charge in [0.05, 0.1) is 9.72 Å². The molecule has 3 heterocycles. The Morgan fingerprint density at radius 3 is 2.71 bits per heavy atom. The molecule has 1 N–H and O–H groups in total. The lowest BCUT2D eigenvalue weighted by atomic mass is 10.0. The second kappa shape index (κ2) is 10.0. The molecule has 1 fully saturated rings. The van der Waals surface area contributed by atoms with E-state index in [9.17, 15) is 4.39 Å². The van der Waals surface area contributed by atoms with Crippen LogP contribution in [0.5, 0.6) is 0 Å². The van der Waals surface area contributed by atoms with Crippen LogP contribution in [0.1, 0.15) is 24.0 Å². The van der Waals surface area contributed by atoms with E-state index >= 15 is 0 Å². The first-order valence-corrected chi connectivity index (χ1v) is 9.92. The van der Waals surface area contributed by atoms with Crippen LogP contribution >= 0.6 is 47.8 Å². The van der Waals surface area contributed by atoms with Crippen LogP contribution in [0.15, 0.2) is 30.6 Å². The van der Waals surface area contributed by atoms with Crippen LogP contribution in [-0.2, 0) is 6.54 Å². The van der Waals surface area contributed by atoms with Crippen LogP contribution < -0.4 is 5.32 Å². The number of nitrogens with one attached hydrogen (secondary N) is 1. The van der Waals surface area contributed by atoms with Gasteiger partial charge in [0.2, 0.25) is 0 Å². The summed E-state index contributed by atoms with van der Waals surface area (Å²) in [7, 11) is 0. The average molecular weight is 464 g/mol. The SMILES string of the molecule is Cc1c(Cl)sc2ncnc(NC3CCN(Cc4cccc(F)c4)CC3)c12.Cl.Cl. The number of aryl methyl sites for hydroxylation is 1. The van der Waals surface area contributed by atoms with E-state index in [-0.39, 0.29) is 30.6 Å². The summed E-state index contributed by atoms with van der Waals surface area (Å²) in [6, 6.07) is 7.23. The number of piperidine rings is 1. The first-order chi connectivity index (χ1) is 12.6. The lowest BCUT2D eigenvalue weighted by Gasteiger charge is -2.32. The Morgan fingerprint density at radius 1 is 1.25 bits per heavy atom. The summed E-state index contributed by atoms with van der Waals surface area (Å²) in [5.41, 5.74) is 2.07. The van der Waals surface area contributed by atoms with Gasteiger partial charge in [-0.15, -0.1) is 36.2 Å². The molecule has 2 aromatic heterocycles. The lowest BCUT2D eigenvalue weighted by Crippen LogP contribution is -2.38. The number of benzene rings is 1. The van der Waals surface area contributed by atoms with E-state index in [0.717, 1.165) is 64.0 Å². The normalized spacial score (nSPS) is 15.1. The van der Waals surface area contributed by atoms with E-state index in [0.29, 0.717) is 6.04 Å². The number of hydrogen-bond acceptors (Lipinski definition) is 5. The Kier molecular flexibility index (Phi) is 8.28. The van der Waals surface area contributed by atoms with Crippen molar-refractivity contribution < 1.29 is 4.39 Å². The zero-order valence-electron chi connectivity index (χ0n) is 15.3. The number of fused-ring (bicyclic) bond motifs is 1. The van der Waals surface area contributed by atoms with Gasteiger partial charge in [-0.05, 0) is 43.0 Å². The number of hydrogen-bond donors (Lipinski definition) is 1. The molecule has 152 valence electrons. The van der Waals surface area contributed by atoms with E-state index in [4.69, 9.17) is 11.6 Å². The van der Waals surface area contributed by atoms with Gasteiger partial charge in [-0.2, -0.15) is 0 Å². The molecule has 0 radical (unpaired) electrons. The first kappa shape index (κ1) is 23.1. The van der Waals surface area contributed by atoms with Crippen LogP contribution in [0.2, 0.25) is 4.34 Å². The average Bonchev–Trinajstić information content (AvgIpc) is 2.92. The Balaban J connectivity index is 0.00000140. The molecular formula is C19H22Cl3FN4S. The number of nitrogens with zero attached hydrogens (tertiary/aromatic N) is 3. The van der Waals surface area contributed by atoms with E-state index in [1.165, 1.54) is 17.4 Å². The minimum atomic E-state index is -0.170. The van der Waals surface area contributed by atoms with Crippen molar-refractivity contribution in [1.82, 2.24) is 14.9 Å². The fourth-order valence-electron chi connectivity index (χ4n) is 3.48. The summed E-state index contributed by atoms with van der Waals surface area (Å²) in [4.78, 5) is 12.1. The molecule has 0 amide bonds. The van der Waals surface area contributed by atoms with E-state index in [2.05, 4.69) is 20.2 Å². The highest BCUT2D eigenvalue weighted by atomic mass is 35.5. The molecule has 0 aliphatic carbocycles. The van der Waals surface area contributed by atoms with E-state index < -0.39 is 0 Å². The third kappa shape index (κ3) is 5.05. The van der Waals surface area contributed by atoms with Gasteiger partial charge >= 0.3 is 0 Å². The van der Waals surface area contributed by atoms with Crippen molar-refractivity contribution in [2.45, 2.75) is 32.4 Å². The maximum Gasteiger partial charge on any atom is 0.138 e. The van der Waals surface area contributed by atoms with Crippen LogP contribution in [0.3, 0.4) is 0 Å². The van der Waals surface area contributed by atoms with Crippen molar-refractivity contribution >= 4 is 63.8 Å². The molecule has 1 aromatic carbocycles. The standard InChI is InChI=1S/C19H20ClFN4S.2ClH/c1-12-16-18(22-11-23-19(16)26-17(12)20)24-15-5-7-25(8-6-15)10-13-3-2-4-14(21)9-13;;/h2-4,9,11,15H,5-8,10H2,1H3,(H,22,23,24);2*1H. The van der Waals surface area contributed by atoms with Gasteiger partial charge in [0.1, 0.15) is 22.8 Å². The van der Waals surface area contributed by atoms with Crippen LogP contribution in [0.4, 0.5) is 10.2 Å². The molecule has 9 heteroatoms. The molecule has 0 atom stereocenters. The molecule has 0 saturated carbocycles. The molecule has 1 aliphatic heterocycles. The minimum Gasteiger partial charge on any atom is -0.367 e. The van der Waals surface area contributed by atoms with Crippen molar-refractivity contribution in [3.63, 3.8) is 0 Å². The minimum absolute atomic E-state index is 0. The van der Waals surface area contributed by atoms with Crippen molar-refractivity contribution in [3.05, 3.63) is 51.9 Å². The molecule has 0 bridgehead atoms. The maximum atomic E-state index is 13.3. The smallest absolute Gasteiger partial charge is 0.138 e. The third-order valence-corrected chi connectivity index (χ3v) is 6.40. The summed E-state index contributed by atoms with van der Waals surface area (Å²) in [6.07, 6.45) is 3.64. The molecule has 0 spiro atoms. The summed E-state index contributed by atoms with van der Waals surface area (Å²) >= 11 is 7.76. The molecule has 1 saturated heterocycles. The number of anilines is 1. The lowest BCUT2D eigenvalue weighted by molar-refractivity contribution is 0.211. The van der Waals surface area contributed by atoms with Crippen LogP contribution in [0.25, 0.3) is 10.2 Å². The zero-order chi connectivity index (χ0) is 18.1. The molecular weight excluding hydrogens is 442 g/mol. The Labute approximate surface area is 185 Å². The van der Waals surface area contributed by atoms with E-state index in [1.807, 2.05) is 13.0 Å². The summed E-state index contributed by atoms with van der Waals surface area (Å²) < 4.78 is 14.1. The van der Waals surface area contributed by atoms with Crippen molar-refractivity contribution in [1.29, 1.82) is 0 Å². The number of likely N-dealkylation sites (tertiary alicyclic amines) is 1. The van der Waals surface area contributed by atoms with E-state index in [1.54, 1.807) is 18.5 Å². The largest absolute Gasteiger partial charge is 0.367 e. The van der Waals surface area contributed by atoms with Crippen LogP contribution in [-0.4, -0.2) is 34.0 Å². The monoisotopic (exact) mass is 462 g/mol. The third-order valence-electron chi connectivity index (χ3n) is 4.89. The van der Waals surface area contributed by atoms with Crippen molar-refractivity contribution in [2.75, 3.05) is 18.4 Å². The number of halogens is 4.